The Morgan fingerprint density at radius 2 is 1.75 bits per heavy atom. The van der Waals surface area contributed by atoms with Gasteiger partial charge in [0.1, 0.15) is 0 Å². The molecular weight excluding hydrogens is 614 g/mol. The fourth-order valence-corrected chi connectivity index (χ4v) is 5.87. The van der Waals surface area contributed by atoms with E-state index in [4.69, 9.17) is 18.9 Å². The van der Waals surface area contributed by atoms with Gasteiger partial charge in [-0.1, -0.05) is 33.3 Å². The lowest BCUT2D eigenvalue weighted by molar-refractivity contribution is -0.139. The summed E-state index contributed by atoms with van der Waals surface area (Å²) in [4.78, 5) is 32.0. The molecule has 1 aliphatic heterocycles. The minimum absolute atomic E-state index is 0.0782. The van der Waals surface area contributed by atoms with E-state index in [1.807, 2.05) is 0 Å². The molecule has 0 unspecified atom stereocenters. The predicted molar refractivity (Wildman–Crippen MR) is 147 cm³/mol. The van der Waals surface area contributed by atoms with Crippen molar-refractivity contribution in [3.63, 3.8) is 0 Å². The van der Waals surface area contributed by atoms with Crippen molar-refractivity contribution in [3.05, 3.63) is 76.9 Å². The molecule has 0 bridgehead atoms. The number of benzene rings is 2. The number of ether oxygens (including phenoxy) is 5. The van der Waals surface area contributed by atoms with Crippen molar-refractivity contribution in [2.45, 2.75) is 26.5 Å². The lowest BCUT2D eigenvalue weighted by Gasteiger charge is -2.26. The summed E-state index contributed by atoms with van der Waals surface area (Å²) in [5.41, 5.74) is 1.24. The monoisotopic (exact) mass is 638 g/mol. The molecule has 1 aromatic heterocycles. The number of carbonyl (C=O) groups excluding carboxylic acids is 1. The Hall–Kier alpha value is -3.71. The van der Waals surface area contributed by atoms with Crippen LogP contribution in [-0.4, -0.2) is 45.1 Å². The molecule has 2 heterocycles. The number of rotatable bonds is 9. The largest absolute Gasteiger partial charge is 0.493 e. The van der Waals surface area contributed by atoms with Crippen molar-refractivity contribution in [3.8, 4) is 23.0 Å². The maximum absolute atomic E-state index is 13.9. The Kier molecular flexibility index (Phi) is 8.94. The molecule has 0 amide bonds. The molecule has 212 valence electrons. The molecular formula is C27H25BrF2N2O7S. The van der Waals surface area contributed by atoms with Gasteiger partial charge in [0, 0.05) is 4.47 Å². The van der Waals surface area contributed by atoms with Crippen LogP contribution < -0.4 is 33.8 Å². The number of carbonyl (C=O) groups is 1. The second kappa shape index (κ2) is 12.2. The van der Waals surface area contributed by atoms with Gasteiger partial charge in [-0.2, -0.15) is 8.78 Å². The van der Waals surface area contributed by atoms with Crippen LogP contribution in [-0.2, 0) is 9.53 Å². The Balaban J connectivity index is 1.95. The molecule has 40 heavy (non-hydrogen) atoms. The van der Waals surface area contributed by atoms with Crippen molar-refractivity contribution in [2.24, 2.45) is 4.99 Å². The second-order valence-corrected chi connectivity index (χ2v) is 10.2. The number of allylic oxidation sites excluding steroid dienone is 1. The van der Waals surface area contributed by atoms with Crippen molar-refractivity contribution in [1.82, 2.24) is 4.57 Å². The van der Waals surface area contributed by atoms with Crippen LogP contribution in [0.1, 0.15) is 31.0 Å². The summed E-state index contributed by atoms with van der Waals surface area (Å²) >= 11 is 4.68. The average Bonchev–Trinajstić information content (AvgIpc) is 3.22. The zero-order valence-electron chi connectivity index (χ0n) is 22.1. The van der Waals surface area contributed by atoms with E-state index in [-0.39, 0.29) is 23.7 Å². The first-order chi connectivity index (χ1) is 19.1. The quantitative estimate of drug-likeness (QED) is 0.324. The highest BCUT2D eigenvalue weighted by atomic mass is 79.9. The van der Waals surface area contributed by atoms with Gasteiger partial charge >= 0.3 is 12.6 Å². The van der Waals surface area contributed by atoms with Crippen LogP contribution in [0.4, 0.5) is 8.78 Å². The molecule has 0 fully saturated rings. The van der Waals surface area contributed by atoms with Gasteiger partial charge < -0.3 is 23.7 Å². The highest BCUT2D eigenvalue weighted by molar-refractivity contribution is 9.10. The third-order valence-corrected chi connectivity index (χ3v) is 7.69. The number of alkyl halides is 2. The van der Waals surface area contributed by atoms with E-state index in [9.17, 15) is 18.4 Å². The smallest absolute Gasteiger partial charge is 0.387 e. The number of halogens is 3. The minimum Gasteiger partial charge on any atom is -0.493 e. The summed E-state index contributed by atoms with van der Waals surface area (Å²) in [6, 6.07) is 6.82. The molecule has 0 aliphatic carbocycles. The van der Waals surface area contributed by atoms with Crippen molar-refractivity contribution in [2.75, 3.05) is 27.9 Å². The van der Waals surface area contributed by atoms with Gasteiger partial charge in [-0.15, -0.1) is 0 Å². The molecule has 2 aromatic carbocycles. The Labute approximate surface area is 240 Å². The second-order valence-electron chi connectivity index (χ2n) is 8.32. The van der Waals surface area contributed by atoms with Crippen LogP contribution in [0.2, 0.25) is 0 Å². The van der Waals surface area contributed by atoms with E-state index in [1.165, 1.54) is 44.1 Å². The van der Waals surface area contributed by atoms with Crippen LogP contribution in [0.25, 0.3) is 6.08 Å². The topological polar surface area (TPSA) is 97.6 Å². The summed E-state index contributed by atoms with van der Waals surface area (Å²) in [6.45, 7) is 0.483. The highest BCUT2D eigenvalue weighted by Crippen LogP contribution is 2.40. The van der Waals surface area contributed by atoms with Gasteiger partial charge in [-0.3, -0.25) is 9.36 Å². The Bertz CT molecular complexity index is 1670. The molecule has 0 saturated carbocycles. The van der Waals surface area contributed by atoms with Gasteiger partial charge in [0.15, 0.2) is 27.8 Å². The van der Waals surface area contributed by atoms with Gasteiger partial charge in [0.25, 0.3) is 5.56 Å². The summed E-state index contributed by atoms with van der Waals surface area (Å²) in [6.07, 6.45) is 1.59. The summed E-state index contributed by atoms with van der Waals surface area (Å²) in [5.74, 6) is 0.193. The van der Waals surface area contributed by atoms with Crippen LogP contribution >= 0.6 is 27.3 Å². The standard InChI is InChI=1S/C27H25BrF2N2O7S/c1-6-38-25(34)22-13(2)31-27-32(23(22)15-11-19(36-4)20(37-5)12-16(15)28)24(33)21(40-27)10-14-7-8-17(39-26(29)30)18(9-14)35-3/h7-12,23,26H,6H2,1-5H3/b21-10+/t23-/m0/s1. The lowest BCUT2D eigenvalue weighted by atomic mass is 9.95. The molecule has 13 heteroatoms. The first kappa shape index (κ1) is 29.3. The van der Waals surface area contributed by atoms with Crippen molar-refractivity contribution in [1.29, 1.82) is 0 Å². The molecule has 4 rings (SSSR count). The minimum atomic E-state index is -3.02. The van der Waals surface area contributed by atoms with Crippen LogP contribution in [0.5, 0.6) is 23.0 Å². The maximum Gasteiger partial charge on any atom is 0.387 e. The molecule has 9 nitrogen and oxygen atoms in total. The van der Waals surface area contributed by atoms with E-state index >= 15 is 0 Å². The van der Waals surface area contributed by atoms with Crippen LogP contribution in [0, 0.1) is 0 Å². The van der Waals surface area contributed by atoms with E-state index in [2.05, 4.69) is 25.7 Å². The summed E-state index contributed by atoms with van der Waals surface area (Å²) in [5, 5.41) is 0. The van der Waals surface area contributed by atoms with Crippen molar-refractivity contribution < 1.29 is 37.3 Å². The third kappa shape index (κ3) is 5.61. The molecule has 0 radical (unpaired) electrons. The number of nitrogens with zero attached hydrogens (tertiary/aromatic N) is 2. The molecule has 3 aromatic rings. The Morgan fingerprint density at radius 3 is 2.38 bits per heavy atom. The van der Waals surface area contributed by atoms with E-state index in [1.54, 1.807) is 32.1 Å². The molecule has 1 atom stereocenters. The summed E-state index contributed by atoms with van der Waals surface area (Å²) in [7, 11) is 4.31. The Morgan fingerprint density at radius 1 is 1.10 bits per heavy atom. The van der Waals surface area contributed by atoms with E-state index in [0.717, 1.165) is 11.3 Å². The molecule has 1 aliphatic rings. The van der Waals surface area contributed by atoms with Gasteiger partial charge in [-0.05, 0) is 55.3 Å². The van der Waals surface area contributed by atoms with Crippen LogP contribution in [0.3, 0.4) is 0 Å². The first-order valence-corrected chi connectivity index (χ1v) is 13.5. The first-order valence-electron chi connectivity index (χ1n) is 11.9. The van der Waals surface area contributed by atoms with E-state index < -0.39 is 24.2 Å². The number of thiazole rings is 1. The number of fused-ring (bicyclic) bond motifs is 1. The fraction of sp³-hybridized carbons (Fsp3) is 0.296. The normalized spacial score (nSPS) is 15.0. The zero-order chi connectivity index (χ0) is 29.1. The molecule has 0 saturated heterocycles. The fourth-order valence-electron chi connectivity index (χ4n) is 4.28. The predicted octanol–water partition coefficient (Wildman–Crippen LogP) is 4.19. The number of methoxy groups -OCH3 is 3. The summed E-state index contributed by atoms with van der Waals surface area (Å²) < 4.78 is 53.7. The maximum atomic E-state index is 13.9. The highest BCUT2D eigenvalue weighted by Gasteiger charge is 2.35. The third-order valence-electron chi connectivity index (χ3n) is 6.02. The zero-order valence-corrected chi connectivity index (χ0v) is 24.5. The number of hydrogen-bond donors (Lipinski definition) is 0. The lowest BCUT2D eigenvalue weighted by Crippen LogP contribution is -2.40. The number of aromatic nitrogens is 1. The van der Waals surface area contributed by atoms with Gasteiger partial charge in [0.2, 0.25) is 0 Å². The molecule has 0 N–H and O–H groups in total. The van der Waals surface area contributed by atoms with E-state index in [0.29, 0.717) is 42.1 Å². The average molecular weight is 639 g/mol. The van der Waals surface area contributed by atoms with Crippen molar-refractivity contribution >= 4 is 39.3 Å². The SMILES string of the molecule is CCOC(=O)C1=C(C)N=c2s/c(=C/c3ccc(OC(F)F)c(OC)c3)c(=O)n2[C@H]1c1cc(OC)c(OC)cc1Br. The number of hydrogen-bond acceptors (Lipinski definition) is 9. The van der Waals surface area contributed by atoms with Gasteiger partial charge in [-0.25, -0.2) is 9.79 Å². The number of esters is 1. The van der Waals surface area contributed by atoms with Gasteiger partial charge in [0.05, 0.1) is 49.8 Å². The van der Waals surface area contributed by atoms with Crippen LogP contribution in [0.15, 0.2) is 55.9 Å². The molecule has 0 spiro atoms.